The third-order valence-electron chi connectivity index (χ3n) is 3.38. The smallest absolute Gasteiger partial charge is 0.262 e. The fourth-order valence-electron chi connectivity index (χ4n) is 2.26. The summed E-state index contributed by atoms with van der Waals surface area (Å²) in [5.74, 6) is -0.467. The first kappa shape index (κ1) is 15.2. The number of nitrogens with zero attached hydrogens (tertiary/aromatic N) is 1. The van der Waals surface area contributed by atoms with E-state index < -0.39 is 15.8 Å². The second-order valence-electron chi connectivity index (χ2n) is 5.06. The Morgan fingerprint density at radius 3 is 2.43 bits per heavy atom. The number of aromatic nitrogens is 2. The van der Waals surface area contributed by atoms with Crippen LogP contribution in [-0.2, 0) is 10.0 Å². The third-order valence-corrected chi connectivity index (χ3v) is 4.92. The zero-order valence-corrected chi connectivity index (χ0v) is 13.1. The number of hydrogen-bond acceptors (Lipinski definition) is 3. The lowest BCUT2D eigenvalue weighted by molar-refractivity contribution is 0.598. The minimum atomic E-state index is -3.76. The number of aryl methyl sites for hydroxylation is 1. The van der Waals surface area contributed by atoms with Gasteiger partial charge in [-0.2, -0.15) is 5.10 Å². The first-order valence-corrected chi connectivity index (χ1v) is 8.33. The van der Waals surface area contributed by atoms with Crippen LogP contribution in [0, 0.1) is 12.7 Å². The molecular weight excluding hydrogens is 317 g/mol. The van der Waals surface area contributed by atoms with E-state index in [1.165, 1.54) is 12.1 Å². The van der Waals surface area contributed by atoms with E-state index in [9.17, 15) is 12.8 Å². The fraction of sp³-hybridized carbons (Fsp3) is 0.0625. The van der Waals surface area contributed by atoms with Gasteiger partial charge < -0.3 is 0 Å². The number of aromatic amines is 1. The van der Waals surface area contributed by atoms with E-state index >= 15 is 0 Å². The standard InChI is InChI=1S/C16H14FN3O2S/c1-11-10-13(17)4-7-16(11)23(21,22)20-14-5-2-12(3-6-14)15-8-9-18-19-15/h2-10,20H,1H3,(H,18,19). The quantitative estimate of drug-likeness (QED) is 0.770. The lowest BCUT2D eigenvalue weighted by atomic mass is 10.1. The molecule has 2 N–H and O–H groups in total. The van der Waals surface area contributed by atoms with Crippen molar-refractivity contribution in [1.82, 2.24) is 10.2 Å². The molecule has 0 spiro atoms. The lowest BCUT2D eigenvalue weighted by Crippen LogP contribution is -2.14. The van der Waals surface area contributed by atoms with Crippen molar-refractivity contribution in [2.75, 3.05) is 4.72 Å². The van der Waals surface area contributed by atoms with Crippen LogP contribution in [0.2, 0.25) is 0 Å². The van der Waals surface area contributed by atoms with Crippen LogP contribution in [0.25, 0.3) is 11.3 Å². The summed E-state index contributed by atoms with van der Waals surface area (Å²) in [5.41, 5.74) is 2.51. The summed E-state index contributed by atoms with van der Waals surface area (Å²) < 4.78 is 40.4. The monoisotopic (exact) mass is 331 g/mol. The van der Waals surface area contributed by atoms with Crippen LogP contribution in [0.1, 0.15) is 5.56 Å². The van der Waals surface area contributed by atoms with Crippen LogP contribution in [0.4, 0.5) is 10.1 Å². The minimum absolute atomic E-state index is 0.0524. The summed E-state index contributed by atoms with van der Waals surface area (Å²) in [6, 6.07) is 12.3. The second-order valence-corrected chi connectivity index (χ2v) is 6.71. The van der Waals surface area contributed by atoms with Gasteiger partial charge in [-0.3, -0.25) is 9.82 Å². The van der Waals surface area contributed by atoms with E-state index in [2.05, 4.69) is 14.9 Å². The molecule has 0 amide bonds. The van der Waals surface area contributed by atoms with Crippen LogP contribution < -0.4 is 4.72 Å². The summed E-state index contributed by atoms with van der Waals surface area (Å²) in [7, 11) is -3.76. The van der Waals surface area contributed by atoms with Crippen molar-refractivity contribution in [3.63, 3.8) is 0 Å². The van der Waals surface area contributed by atoms with Crippen molar-refractivity contribution < 1.29 is 12.8 Å². The highest BCUT2D eigenvalue weighted by Gasteiger charge is 2.17. The Balaban J connectivity index is 1.86. The molecule has 0 fully saturated rings. The Hall–Kier alpha value is -2.67. The molecule has 0 aliphatic heterocycles. The zero-order valence-electron chi connectivity index (χ0n) is 12.2. The van der Waals surface area contributed by atoms with Crippen molar-refractivity contribution in [1.29, 1.82) is 0 Å². The molecule has 0 radical (unpaired) electrons. The van der Waals surface area contributed by atoms with Crippen molar-refractivity contribution in [3.8, 4) is 11.3 Å². The van der Waals surface area contributed by atoms with Gasteiger partial charge in [-0.05, 0) is 54.4 Å². The number of hydrogen-bond donors (Lipinski definition) is 2. The van der Waals surface area contributed by atoms with Crippen molar-refractivity contribution in [3.05, 3.63) is 66.1 Å². The number of anilines is 1. The maximum absolute atomic E-state index is 13.1. The Bertz CT molecular complexity index is 920. The number of sulfonamides is 1. The van der Waals surface area contributed by atoms with Gasteiger partial charge in [0.15, 0.2) is 0 Å². The molecule has 3 rings (SSSR count). The zero-order chi connectivity index (χ0) is 16.4. The molecule has 3 aromatic rings. The average molecular weight is 331 g/mol. The maximum atomic E-state index is 13.1. The van der Waals surface area contributed by atoms with E-state index in [1.54, 1.807) is 37.4 Å². The molecule has 0 aliphatic rings. The number of benzene rings is 2. The minimum Gasteiger partial charge on any atom is -0.280 e. The number of halogens is 1. The van der Waals surface area contributed by atoms with Gasteiger partial charge >= 0.3 is 0 Å². The highest BCUT2D eigenvalue weighted by atomic mass is 32.2. The van der Waals surface area contributed by atoms with E-state index in [0.717, 1.165) is 17.3 Å². The Kier molecular flexibility index (Phi) is 3.87. The maximum Gasteiger partial charge on any atom is 0.262 e. The van der Waals surface area contributed by atoms with Gasteiger partial charge in [0.05, 0.1) is 10.6 Å². The molecule has 118 valence electrons. The van der Waals surface area contributed by atoms with Crippen molar-refractivity contribution in [2.24, 2.45) is 0 Å². The first-order chi connectivity index (χ1) is 11.0. The summed E-state index contributed by atoms with van der Waals surface area (Å²) >= 11 is 0. The normalized spacial score (nSPS) is 11.4. The van der Waals surface area contributed by atoms with Gasteiger partial charge in [-0.1, -0.05) is 12.1 Å². The fourth-order valence-corrected chi connectivity index (χ4v) is 3.55. The predicted molar refractivity (Wildman–Crippen MR) is 86.0 cm³/mol. The number of nitrogens with one attached hydrogen (secondary N) is 2. The molecule has 0 aliphatic carbocycles. The van der Waals surface area contributed by atoms with E-state index in [1.807, 2.05) is 6.07 Å². The van der Waals surface area contributed by atoms with Crippen LogP contribution in [0.5, 0.6) is 0 Å². The SMILES string of the molecule is Cc1cc(F)ccc1S(=O)(=O)Nc1ccc(-c2ccn[nH]2)cc1. The third kappa shape index (κ3) is 3.24. The second kappa shape index (κ2) is 5.85. The molecular formula is C16H14FN3O2S. The molecule has 1 aromatic heterocycles. The largest absolute Gasteiger partial charge is 0.280 e. The molecule has 23 heavy (non-hydrogen) atoms. The Morgan fingerprint density at radius 2 is 1.83 bits per heavy atom. The molecule has 0 bridgehead atoms. The van der Waals surface area contributed by atoms with Crippen LogP contribution >= 0.6 is 0 Å². The molecule has 0 saturated carbocycles. The van der Waals surface area contributed by atoms with E-state index in [4.69, 9.17) is 0 Å². The number of H-pyrrole nitrogens is 1. The topological polar surface area (TPSA) is 74.8 Å². The molecule has 0 atom stereocenters. The van der Waals surface area contributed by atoms with E-state index in [-0.39, 0.29) is 4.90 Å². The highest BCUT2D eigenvalue weighted by molar-refractivity contribution is 7.92. The first-order valence-electron chi connectivity index (χ1n) is 6.84. The van der Waals surface area contributed by atoms with Gasteiger partial charge in [0, 0.05) is 11.9 Å². The molecule has 2 aromatic carbocycles. The van der Waals surface area contributed by atoms with Gasteiger partial charge in [-0.25, -0.2) is 12.8 Å². The lowest BCUT2D eigenvalue weighted by Gasteiger charge is -2.10. The van der Waals surface area contributed by atoms with Crippen LogP contribution in [0.3, 0.4) is 0 Å². The summed E-state index contributed by atoms with van der Waals surface area (Å²) in [6.45, 7) is 1.55. The van der Waals surface area contributed by atoms with Crippen LogP contribution in [-0.4, -0.2) is 18.6 Å². The highest BCUT2D eigenvalue weighted by Crippen LogP contribution is 2.23. The molecule has 0 saturated heterocycles. The summed E-state index contributed by atoms with van der Waals surface area (Å²) in [4.78, 5) is 0.0524. The Labute approximate surface area is 133 Å². The van der Waals surface area contributed by atoms with E-state index in [0.29, 0.717) is 11.3 Å². The molecule has 1 heterocycles. The summed E-state index contributed by atoms with van der Waals surface area (Å²) in [5, 5.41) is 6.71. The van der Waals surface area contributed by atoms with Crippen LogP contribution in [0.15, 0.2) is 59.6 Å². The predicted octanol–water partition coefficient (Wildman–Crippen LogP) is 3.33. The van der Waals surface area contributed by atoms with Gasteiger partial charge in [0.2, 0.25) is 0 Å². The Morgan fingerprint density at radius 1 is 1.09 bits per heavy atom. The molecule has 5 nitrogen and oxygen atoms in total. The number of rotatable bonds is 4. The average Bonchev–Trinajstić information content (AvgIpc) is 3.01. The summed E-state index contributed by atoms with van der Waals surface area (Å²) in [6.07, 6.45) is 1.64. The van der Waals surface area contributed by atoms with Gasteiger partial charge in [0.25, 0.3) is 10.0 Å². The molecule has 0 unspecified atom stereocenters. The van der Waals surface area contributed by atoms with Gasteiger partial charge in [-0.15, -0.1) is 0 Å². The van der Waals surface area contributed by atoms with Crippen molar-refractivity contribution in [2.45, 2.75) is 11.8 Å². The van der Waals surface area contributed by atoms with Gasteiger partial charge in [0.1, 0.15) is 5.82 Å². The molecule has 7 heteroatoms. The van der Waals surface area contributed by atoms with Crippen molar-refractivity contribution >= 4 is 15.7 Å².